The van der Waals surface area contributed by atoms with Crippen molar-refractivity contribution in [2.75, 3.05) is 6.61 Å². The minimum absolute atomic E-state index is 0.275. The van der Waals surface area contributed by atoms with Crippen LogP contribution in [0.1, 0.15) is 66.7 Å². The van der Waals surface area contributed by atoms with Crippen molar-refractivity contribution in [2.24, 2.45) is 17.3 Å². The highest BCUT2D eigenvalue weighted by Crippen LogP contribution is 2.46. The first-order valence-corrected chi connectivity index (χ1v) is 7.62. The molecule has 0 heterocycles. The van der Waals surface area contributed by atoms with Crippen LogP contribution in [0.4, 0.5) is 0 Å². The summed E-state index contributed by atoms with van der Waals surface area (Å²) in [6.45, 7) is 10.2. The van der Waals surface area contributed by atoms with Crippen molar-refractivity contribution in [3.63, 3.8) is 0 Å². The normalized spacial score (nSPS) is 28.5. The molecule has 0 saturated heterocycles. The van der Waals surface area contributed by atoms with Gasteiger partial charge in [-0.3, -0.25) is 4.79 Å². The second-order valence-electron chi connectivity index (χ2n) is 6.97. The quantitative estimate of drug-likeness (QED) is 0.777. The van der Waals surface area contributed by atoms with Gasteiger partial charge in [0.25, 0.3) is 0 Å². The molecular formula is C16H30O3. The van der Waals surface area contributed by atoms with Crippen LogP contribution in [0.2, 0.25) is 0 Å². The first kappa shape index (κ1) is 16.5. The lowest BCUT2D eigenvalue weighted by Crippen LogP contribution is -2.53. The summed E-state index contributed by atoms with van der Waals surface area (Å²) in [5.41, 5.74) is -1.74. The molecule has 1 N–H and O–H groups in total. The maximum absolute atomic E-state index is 12.1. The summed E-state index contributed by atoms with van der Waals surface area (Å²) in [7, 11) is 0. The van der Waals surface area contributed by atoms with Crippen LogP contribution in [-0.2, 0) is 9.53 Å². The molecule has 0 aromatic rings. The lowest BCUT2D eigenvalue weighted by molar-refractivity contribution is -0.177. The highest BCUT2D eigenvalue weighted by Gasteiger charge is 2.51. The van der Waals surface area contributed by atoms with Crippen LogP contribution >= 0.6 is 0 Å². The summed E-state index contributed by atoms with van der Waals surface area (Å²) < 4.78 is 5.14. The van der Waals surface area contributed by atoms with E-state index in [1.54, 1.807) is 6.92 Å². The average molecular weight is 270 g/mol. The van der Waals surface area contributed by atoms with E-state index in [9.17, 15) is 9.90 Å². The lowest BCUT2D eigenvalue weighted by atomic mass is 9.63. The fourth-order valence-corrected chi connectivity index (χ4v) is 3.30. The molecule has 3 nitrogen and oxygen atoms in total. The Morgan fingerprint density at radius 3 is 2.63 bits per heavy atom. The predicted octanol–water partition coefficient (Wildman–Crippen LogP) is 3.54. The van der Waals surface area contributed by atoms with Crippen molar-refractivity contribution in [2.45, 2.75) is 72.3 Å². The molecule has 3 heteroatoms. The second-order valence-corrected chi connectivity index (χ2v) is 6.97. The monoisotopic (exact) mass is 270 g/mol. The number of carbonyl (C=O) groups excluding carboxylic acids is 1. The maximum Gasteiger partial charge on any atom is 0.314 e. The molecule has 1 fully saturated rings. The van der Waals surface area contributed by atoms with Gasteiger partial charge < -0.3 is 9.84 Å². The van der Waals surface area contributed by atoms with Gasteiger partial charge in [-0.1, -0.05) is 26.7 Å². The molecular weight excluding hydrogens is 240 g/mol. The zero-order valence-corrected chi connectivity index (χ0v) is 13.2. The lowest BCUT2D eigenvalue weighted by Gasteiger charge is -2.46. The summed E-state index contributed by atoms with van der Waals surface area (Å²) in [6, 6.07) is 0. The van der Waals surface area contributed by atoms with E-state index in [1.165, 1.54) is 6.42 Å². The Morgan fingerprint density at radius 1 is 1.47 bits per heavy atom. The SMILES string of the molecule is CCOC(=O)C(C)(C)C1(O)CCCC(CC(C)C)C1. The van der Waals surface area contributed by atoms with Crippen LogP contribution in [0.15, 0.2) is 0 Å². The fourth-order valence-electron chi connectivity index (χ4n) is 3.30. The van der Waals surface area contributed by atoms with E-state index in [1.807, 2.05) is 13.8 Å². The van der Waals surface area contributed by atoms with E-state index < -0.39 is 11.0 Å². The maximum atomic E-state index is 12.1. The van der Waals surface area contributed by atoms with Gasteiger partial charge in [-0.15, -0.1) is 0 Å². The summed E-state index contributed by atoms with van der Waals surface area (Å²) in [4.78, 5) is 12.1. The summed E-state index contributed by atoms with van der Waals surface area (Å²) in [5, 5.41) is 11.0. The van der Waals surface area contributed by atoms with Gasteiger partial charge in [-0.05, 0) is 51.9 Å². The molecule has 0 aromatic carbocycles. The molecule has 0 spiro atoms. The van der Waals surface area contributed by atoms with Gasteiger partial charge >= 0.3 is 5.97 Å². The van der Waals surface area contributed by atoms with Crippen molar-refractivity contribution in [3.8, 4) is 0 Å². The van der Waals surface area contributed by atoms with Crippen molar-refractivity contribution in [1.29, 1.82) is 0 Å². The molecule has 0 aliphatic heterocycles. The van der Waals surface area contributed by atoms with Crippen LogP contribution < -0.4 is 0 Å². The first-order valence-electron chi connectivity index (χ1n) is 7.62. The average Bonchev–Trinajstić information content (AvgIpc) is 2.28. The second kappa shape index (κ2) is 6.25. The topological polar surface area (TPSA) is 46.5 Å². The number of carbonyl (C=O) groups is 1. The predicted molar refractivity (Wildman–Crippen MR) is 76.8 cm³/mol. The molecule has 2 atom stereocenters. The first-order chi connectivity index (χ1) is 8.73. The number of ether oxygens (including phenoxy) is 1. The number of esters is 1. The molecule has 1 rings (SSSR count). The van der Waals surface area contributed by atoms with E-state index in [2.05, 4.69) is 13.8 Å². The molecule has 1 saturated carbocycles. The molecule has 1 aliphatic rings. The summed E-state index contributed by atoms with van der Waals surface area (Å²) in [6.07, 6.45) is 4.71. The van der Waals surface area contributed by atoms with Gasteiger partial charge in [0.15, 0.2) is 0 Å². The fraction of sp³-hybridized carbons (Fsp3) is 0.938. The van der Waals surface area contributed by atoms with E-state index in [-0.39, 0.29) is 5.97 Å². The molecule has 19 heavy (non-hydrogen) atoms. The van der Waals surface area contributed by atoms with Crippen LogP contribution in [0, 0.1) is 17.3 Å². The highest BCUT2D eigenvalue weighted by atomic mass is 16.5. The number of rotatable bonds is 5. The van der Waals surface area contributed by atoms with Crippen LogP contribution in [0.3, 0.4) is 0 Å². The van der Waals surface area contributed by atoms with Gasteiger partial charge in [0.2, 0.25) is 0 Å². The van der Waals surface area contributed by atoms with Crippen molar-refractivity contribution < 1.29 is 14.6 Å². The minimum Gasteiger partial charge on any atom is -0.465 e. The van der Waals surface area contributed by atoms with Gasteiger partial charge in [0.05, 0.1) is 17.6 Å². The molecule has 0 aromatic heterocycles. The Bertz CT molecular complexity index is 309. The Kier molecular flexibility index (Phi) is 5.43. The van der Waals surface area contributed by atoms with Crippen LogP contribution in [-0.4, -0.2) is 23.3 Å². The molecule has 0 amide bonds. The molecule has 2 unspecified atom stereocenters. The molecule has 0 radical (unpaired) electrons. The number of hydrogen-bond acceptors (Lipinski definition) is 3. The van der Waals surface area contributed by atoms with E-state index in [0.717, 1.165) is 19.3 Å². The van der Waals surface area contributed by atoms with Crippen molar-refractivity contribution in [1.82, 2.24) is 0 Å². The highest BCUT2D eigenvalue weighted by molar-refractivity contribution is 5.77. The zero-order chi connectivity index (χ0) is 14.7. The molecule has 1 aliphatic carbocycles. The number of aliphatic hydroxyl groups is 1. The Morgan fingerprint density at radius 2 is 2.11 bits per heavy atom. The van der Waals surface area contributed by atoms with Gasteiger partial charge in [-0.2, -0.15) is 0 Å². The Labute approximate surface area is 117 Å². The van der Waals surface area contributed by atoms with E-state index >= 15 is 0 Å². The third-order valence-corrected chi connectivity index (χ3v) is 4.58. The van der Waals surface area contributed by atoms with Gasteiger partial charge in [0.1, 0.15) is 0 Å². The van der Waals surface area contributed by atoms with Crippen molar-refractivity contribution >= 4 is 5.97 Å². The van der Waals surface area contributed by atoms with E-state index in [0.29, 0.717) is 24.9 Å². The van der Waals surface area contributed by atoms with Crippen molar-refractivity contribution in [3.05, 3.63) is 0 Å². The standard InChI is InChI=1S/C16H30O3/c1-6-19-14(17)15(4,5)16(18)9-7-8-13(11-16)10-12(2)3/h12-13,18H,6-11H2,1-5H3. The Balaban J connectivity index is 2.80. The summed E-state index contributed by atoms with van der Waals surface area (Å²) in [5.74, 6) is 0.883. The van der Waals surface area contributed by atoms with Gasteiger partial charge in [-0.25, -0.2) is 0 Å². The zero-order valence-electron chi connectivity index (χ0n) is 13.2. The minimum atomic E-state index is -0.920. The molecule has 0 bridgehead atoms. The smallest absolute Gasteiger partial charge is 0.314 e. The third-order valence-electron chi connectivity index (χ3n) is 4.58. The largest absolute Gasteiger partial charge is 0.465 e. The third kappa shape index (κ3) is 3.71. The van der Waals surface area contributed by atoms with Crippen LogP contribution in [0.5, 0.6) is 0 Å². The van der Waals surface area contributed by atoms with E-state index in [4.69, 9.17) is 4.74 Å². The number of hydrogen-bond donors (Lipinski definition) is 1. The summed E-state index contributed by atoms with van der Waals surface area (Å²) >= 11 is 0. The van der Waals surface area contributed by atoms with Crippen LogP contribution in [0.25, 0.3) is 0 Å². The Hall–Kier alpha value is -0.570. The van der Waals surface area contributed by atoms with Gasteiger partial charge in [0, 0.05) is 0 Å². The molecule has 112 valence electrons.